The van der Waals surface area contributed by atoms with E-state index in [1.54, 1.807) is 31.4 Å². The molecule has 0 aromatic heterocycles. The summed E-state index contributed by atoms with van der Waals surface area (Å²) in [7, 11) is -2.28. The third kappa shape index (κ3) is 6.43. The quantitative estimate of drug-likeness (QED) is 0.508. The molecule has 7 heteroatoms. The van der Waals surface area contributed by atoms with Crippen molar-refractivity contribution < 1.29 is 17.9 Å². The molecule has 1 amide bonds. The molecule has 3 rings (SSSR count). The Labute approximate surface area is 196 Å². The Morgan fingerprint density at radius 2 is 1.45 bits per heavy atom. The molecule has 3 aromatic rings. The van der Waals surface area contributed by atoms with E-state index >= 15 is 0 Å². The number of methoxy groups -OCH3 is 1. The number of rotatable bonds is 9. The molecule has 0 fully saturated rings. The van der Waals surface area contributed by atoms with Gasteiger partial charge in [0.2, 0.25) is 15.9 Å². The van der Waals surface area contributed by atoms with E-state index in [1.807, 2.05) is 69.3 Å². The molecule has 0 saturated carbocycles. The van der Waals surface area contributed by atoms with Gasteiger partial charge in [0, 0.05) is 6.54 Å². The zero-order valence-electron chi connectivity index (χ0n) is 19.4. The van der Waals surface area contributed by atoms with Crippen LogP contribution in [0.15, 0.2) is 77.7 Å². The topological polar surface area (TPSA) is 75.7 Å². The average Bonchev–Trinajstić information content (AvgIpc) is 2.80. The zero-order valence-corrected chi connectivity index (χ0v) is 20.2. The van der Waals surface area contributed by atoms with E-state index in [9.17, 15) is 13.2 Å². The second-order valence-corrected chi connectivity index (χ2v) is 10.1. The summed E-state index contributed by atoms with van der Waals surface area (Å²) >= 11 is 0. The minimum absolute atomic E-state index is 0.0980. The fourth-order valence-corrected chi connectivity index (χ4v) is 4.79. The molecule has 6 nitrogen and oxygen atoms in total. The fourth-order valence-electron chi connectivity index (χ4n) is 3.41. The van der Waals surface area contributed by atoms with Gasteiger partial charge in [-0.3, -0.25) is 4.79 Å². The second kappa shape index (κ2) is 10.6. The summed E-state index contributed by atoms with van der Waals surface area (Å²) in [5.74, 6) is 0.354. The van der Waals surface area contributed by atoms with E-state index in [0.717, 1.165) is 28.0 Å². The van der Waals surface area contributed by atoms with E-state index in [-0.39, 0.29) is 29.9 Å². The number of aryl methyl sites for hydroxylation is 2. The third-order valence-corrected chi connectivity index (χ3v) is 7.26. The summed E-state index contributed by atoms with van der Waals surface area (Å²) in [5.41, 5.74) is 3.76. The molecule has 33 heavy (non-hydrogen) atoms. The zero-order chi connectivity index (χ0) is 24.0. The summed E-state index contributed by atoms with van der Waals surface area (Å²) < 4.78 is 33.2. The van der Waals surface area contributed by atoms with Crippen LogP contribution in [-0.4, -0.2) is 32.3 Å². The monoisotopic (exact) mass is 466 g/mol. The average molecular weight is 467 g/mol. The fraction of sp³-hybridized carbons (Fsp3) is 0.269. The van der Waals surface area contributed by atoms with Gasteiger partial charge in [-0.1, -0.05) is 59.7 Å². The number of carbonyl (C=O) groups is 1. The highest BCUT2D eigenvalue weighted by atomic mass is 32.2. The van der Waals surface area contributed by atoms with E-state index < -0.39 is 10.0 Å². The lowest BCUT2D eigenvalue weighted by molar-refractivity contribution is -0.122. The number of nitrogens with zero attached hydrogens (tertiary/aromatic N) is 1. The molecule has 0 radical (unpaired) electrons. The molecule has 0 heterocycles. The largest absolute Gasteiger partial charge is 0.497 e. The van der Waals surface area contributed by atoms with Gasteiger partial charge in [0.15, 0.2) is 0 Å². The van der Waals surface area contributed by atoms with Crippen LogP contribution < -0.4 is 10.1 Å². The minimum atomic E-state index is -3.87. The van der Waals surface area contributed by atoms with Crippen molar-refractivity contribution in [1.29, 1.82) is 0 Å². The number of amides is 1. The van der Waals surface area contributed by atoms with Gasteiger partial charge in [0.05, 0.1) is 24.6 Å². The van der Waals surface area contributed by atoms with Gasteiger partial charge < -0.3 is 10.1 Å². The highest BCUT2D eigenvalue weighted by molar-refractivity contribution is 7.89. The number of benzene rings is 3. The van der Waals surface area contributed by atoms with Crippen LogP contribution in [0.3, 0.4) is 0 Å². The number of hydrogen-bond acceptors (Lipinski definition) is 4. The van der Waals surface area contributed by atoms with Crippen molar-refractivity contribution in [3.63, 3.8) is 0 Å². The van der Waals surface area contributed by atoms with Gasteiger partial charge in [-0.2, -0.15) is 4.31 Å². The van der Waals surface area contributed by atoms with Crippen molar-refractivity contribution in [3.8, 4) is 5.75 Å². The molecular weight excluding hydrogens is 436 g/mol. The van der Waals surface area contributed by atoms with Crippen LogP contribution in [0.5, 0.6) is 5.75 Å². The molecule has 0 bridgehead atoms. The third-order valence-electron chi connectivity index (χ3n) is 5.45. The van der Waals surface area contributed by atoms with E-state index in [4.69, 9.17) is 4.74 Å². The number of nitrogens with one attached hydrogen (secondary N) is 1. The lowest BCUT2D eigenvalue weighted by Gasteiger charge is -2.23. The van der Waals surface area contributed by atoms with Gasteiger partial charge in [0.25, 0.3) is 0 Å². The summed E-state index contributed by atoms with van der Waals surface area (Å²) in [4.78, 5) is 13.1. The molecule has 1 atom stereocenters. The van der Waals surface area contributed by atoms with E-state index in [0.29, 0.717) is 0 Å². The molecule has 0 aliphatic rings. The molecule has 0 unspecified atom stereocenters. The Morgan fingerprint density at radius 3 is 2.00 bits per heavy atom. The number of ether oxygens (including phenoxy) is 1. The lowest BCUT2D eigenvalue weighted by Crippen LogP contribution is -2.41. The van der Waals surface area contributed by atoms with Crippen LogP contribution in [0.25, 0.3) is 0 Å². The molecule has 0 saturated heterocycles. The van der Waals surface area contributed by atoms with Crippen molar-refractivity contribution in [3.05, 3.63) is 95.1 Å². The van der Waals surface area contributed by atoms with Crippen molar-refractivity contribution in [2.24, 2.45) is 0 Å². The summed E-state index contributed by atoms with van der Waals surface area (Å²) in [6.07, 6.45) is 0. The Bertz CT molecular complexity index is 1170. The Morgan fingerprint density at radius 1 is 0.909 bits per heavy atom. The highest BCUT2D eigenvalue weighted by Crippen LogP contribution is 2.21. The first-order valence-corrected chi connectivity index (χ1v) is 12.2. The molecule has 0 aliphatic carbocycles. The standard InChI is InChI=1S/C26H30N2O4S/c1-19-5-9-22(10-6-19)17-28(33(30,31)25-15-7-20(2)8-16-25)18-26(29)27-21(3)23-11-13-24(32-4)14-12-23/h5-16,21H,17-18H2,1-4H3,(H,27,29)/t21-/m0/s1. The SMILES string of the molecule is COc1ccc([C@H](C)NC(=O)CN(Cc2ccc(C)cc2)S(=O)(=O)c2ccc(C)cc2)cc1. The molecule has 0 spiro atoms. The second-order valence-electron chi connectivity index (χ2n) is 8.13. The summed E-state index contributed by atoms with van der Waals surface area (Å²) in [6, 6.07) is 21.4. The van der Waals surface area contributed by atoms with Crippen molar-refractivity contribution in [2.45, 2.75) is 38.3 Å². The predicted molar refractivity (Wildman–Crippen MR) is 130 cm³/mol. The molecule has 1 N–H and O–H groups in total. The van der Waals surface area contributed by atoms with Gasteiger partial charge in [0.1, 0.15) is 5.75 Å². The lowest BCUT2D eigenvalue weighted by atomic mass is 10.1. The van der Waals surface area contributed by atoms with Crippen LogP contribution in [0.1, 0.15) is 35.2 Å². The minimum Gasteiger partial charge on any atom is -0.497 e. The Balaban J connectivity index is 1.81. The maximum Gasteiger partial charge on any atom is 0.243 e. The van der Waals surface area contributed by atoms with Crippen molar-refractivity contribution in [2.75, 3.05) is 13.7 Å². The van der Waals surface area contributed by atoms with Crippen LogP contribution in [0, 0.1) is 13.8 Å². The number of hydrogen-bond donors (Lipinski definition) is 1. The molecule has 3 aromatic carbocycles. The van der Waals surface area contributed by atoms with Crippen LogP contribution in [0.2, 0.25) is 0 Å². The smallest absolute Gasteiger partial charge is 0.243 e. The first kappa shape index (κ1) is 24.5. The first-order valence-electron chi connectivity index (χ1n) is 10.7. The number of carbonyl (C=O) groups excluding carboxylic acids is 1. The molecule has 0 aliphatic heterocycles. The highest BCUT2D eigenvalue weighted by Gasteiger charge is 2.27. The normalized spacial score (nSPS) is 12.4. The summed E-state index contributed by atoms with van der Waals surface area (Å²) in [5, 5.41) is 2.91. The summed E-state index contributed by atoms with van der Waals surface area (Å²) in [6.45, 7) is 5.54. The number of sulfonamides is 1. The predicted octanol–water partition coefficient (Wildman–Crippen LogP) is 4.38. The van der Waals surface area contributed by atoms with E-state index in [1.165, 1.54) is 4.31 Å². The first-order chi connectivity index (χ1) is 15.7. The van der Waals surface area contributed by atoms with Crippen LogP contribution in [0.4, 0.5) is 0 Å². The molecular formula is C26H30N2O4S. The van der Waals surface area contributed by atoms with Crippen LogP contribution >= 0.6 is 0 Å². The maximum absolute atomic E-state index is 13.4. The van der Waals surface area contributed by atoms with Crippen LogP contribution in [-0.2, 0) is 21.4 Å². The Kier molecular flexibility index (Phi) is 7.89. The van der Waals surface area contributed by atoms with Gasteiger partial charge in [-0.25, -0.2) is 8.42 Å². The maximum atomic E-state index is 13.4. The van der Waals surface area contributed by atoms with Gasteiger partial charge in [-0.15, -0.1) is 0 Å². The van der Waals surface area contributed by atoms with Gasteiger partial charge >= 0.3 is 0 Å². The molecule has 174 valence electrons. The Hall–Kier alpha value is -3.16. The van der Waals surface area contributed by atoms with Gasteiger partial charge in [-0.05, 0) is 56.2 Å². The van der Waals surface area contributed by atoms with Crippen molar-refractivity contribution >= 4 is 15.9 Å². The van der Waals surface area contributed by atoms with E-state index in [2.05, 4.69) is 5.32 Å². The van der Waals surface area contributed by atoms with Crippen molar-refractivity contribution in [1.82, 2.24) is 9.62 Å².